The first kappa shape index (κ1) is 24.9. The Labute approximate surface area is 213 Å². The molecule has 0 atom stereocenters. The van der Waals surface area contributed by atoms with Gasteiger partial charge in [0.15, 0.2) is 11.5 Å². The molecule has 1 aliphatic heterocycles. The Balaban J connectivity index is 0.00000210. The molecule has 198 valence electrons. The van der Waals surface area contributed by atoms with Crippen LogP contribution in [0.3, 0.4) is 0 Å². The zero-order valence-electron chi connectivity index (χ0n) is 19.4. The van der Waals surface area contributed by atoms with Gasteiger partial charge in [0.05, 0.1) is 10.3 Å². The van der Waals surface area contributed by atoms with Crippen molar-refractivity contribution in [2.45, 2.75) is 29.5 Å². The fourth-order valence-electron chi connectivity index (χ4n) is 4.20. The normalized spacial score (nSPS) is 15.8. The molecule has 12 heteroatoms. The number of ether oxygens (including phenoxy) is 3. The summed E-state index contributed by atoms with van der Waals surface area (Å²) in [5.41, 5.74) is 0.519. The number of nitrogens with one attached hydrogen (secondary N) is 2. The largest absolute Gasteiger partial charge is 0.573 e. The van der Waals surface area contributed by atoms with Crippen LogP contribution in [0.4, 0.5) is 18.9 Å². The number of anilines is 1. The lowest BCUT2D eigenvalue weighted by atomic mass is 9.94. The Kier molecular flexibility index (Phi) is 6.03. The average Bonchev–Trinajstić information content (AvgIpc) is 3.55. The fraction of sp³-hybridized carbons (Fsp3) is 0.240. The van der Waals surface area contributed by atoms with E-state index in [9.17, 15) is 26.4 Å². The molecule has 3 aromatic rings. The molecule has 37 heavy (non-hydrogen) atoms. The summed E-state index contributed by atoms with van der Waals surface area (Å²) in [5, 5.41) is 2.80. The zero-order chi connectivity index (χ0) is 26.4. The van der Waals surface area contributed by atoms with Crippen molar-refractivity contribution in [3.8, 4) is 28.4 Å². The topological polar surface area (TPSA) is 103 Å². The van der Waals surface area contributed by atoms with Crippen molar-refractivity contribution in [1.82, 2.24) is 4.72 Å². The number of hydrogen-bond donors (Lipinski definition) is 2. The van der Waals surface area contributed by atoms with Crippen molar-refractivity contribution in [2.24, 2.45) is 0 Å². The molecule has 1 fully saturated rings. The number of rotatable bonds is 7. The molecular weight excluding hydrogens is 513 g/mol. The molecule has 0 radical (unpaired) electrons. The molecule has 1 amide bonds. The predicted octanol–water partition coefficient (Wildman–Crippen LogP) is 5.05. The highest BCUT2D eigenvalue weighted by Crippen LogP contribution is 2.51. The first-order valence-corrected chi connectivity index (χ1v) is 12.6. The van der Waals surface area contributed by atoms with Crippen molar-refractivity contribution in [3.05, 3.63) is 66.2 Å². The number of halogens is 3. The molecule has 1 heterocycles. The Morgan fingerprint density at radius 1 is 1.00 bits per heavy atom. The molecule has 0 bridgehead atoms. The number of hydrogen-bond acceptors (Lipinski definition) is 6. The average molecular weight is 539 g/mol. The SMILES string of the molecule is CNS(=O)(=O)c1ccc(-c2cc(NC(=O)C3(c4ccc5c(c4)OCO5)CC3)ccc2OC(F)(F)F)cc1.[HH].[HH]. The van der Waals surface area contributed by atoms with Gasteiger partial charge in [0, 0.05) is 14.1 Å². The Hall–Kier alpha value is -3.77. The molecule has 1 aliphatic carbocycles. The van der Waals surface area contributed by atoms with Crippen molar-refractivity contribution >= 4 is 21.6 Å². The van der Waals surface area contributed by atoms with Crippen LogP contribution in [-0.2, 0) is 20.2 Å². The molecule has 3 aromatic carbocycles. The lowest BCUT2D eigenvalue weighted by molar-refractivity contribution is -0.274. The highest BCUT2D eigenvalue weighted by molar-refractivity contribution is 7.89. The molecular formula is C25H25F3N2O6S. The quantitative estimate of drug-likeness (QED) is 0.437. The van der Waals surface area contributed by atoms with Gasteiger partial charge in [0.25, 0.3) is 0 Å². The van der Waals surface area contributed by atoms with E-state index in [4.69, 9.17) is 9.47 Å². The summed E-state index contributed by atoms with van der Waals surface area (Å²) >= 11 is 0. The Bertz CT molecular complexity index is 1480. The molecule has 1 saturated carbocycles. The number of carbonyl (C=O) groups is 1. The third kappa shape index (κ3) is 4.94. The first-order chi connectivity index (χ1) is 17.5. The van der Waals surface area contributed by atoms with E-state index >= 15 is 0 Å². The minimum atomic E-state index is -4.95. The van der Waals surface area contributed by atoms with Gasteiger partial charge in [-0.2, -0.15) is 0 Å². The Morgan fingerprint density at radius 3 is 2.35 bits per heavy atom. The van der Waals surface area contributed by atoms with E-state index in [-0.39, 0.29) is 37.3 Å². The van der Waals surface area contributed by atoms with Crippen LogP contribution in [0.1, 0.15) is 21.3 Å². The number of benzene rings is 3. The van der Waals surface area contributed by atoms with E-state index in [0.29, 0.717) is 24.3 Å². The van der Waals surface area contributed by atoms with Crippen molar-refractivity contribution in [1.29, 1.82) is 0 Å². The molecule has 2 N–H and O–H groups in total. The second-order valence-electron chi connectivity index (χ2n) is 8.59. The van der Waals surface area contributed by atoms with Gasteiger partial charge in [0.1, 0.15) is 5.75 Å². The number of amides is 1. The molecule has 0 spiro atoms. The van der Waals surface area contributed by atoms with Crippen molar-refractivity contribution < 1.29 is 43.4 Å². The lowest BCUT2D eigenvalue weighted by Crippen LogP contribution is -2.27. The van der Waals surface area contributed by atoms with E-state index < -0.39 is 27.6 Å². The van der Waals surface area contributed by atoms with Gasteiger partial charge in [-0.15, -0.1) is 13.2 Å². The standard InChI is InChI=1S/C25H21F3N2O6S.2H2/c1-29-37(32,33)18-6-2-15(3-7-18)19-13-17(5-9-20(19)36-25(26,27)28)30-23(31)24(10-11-24)16-4-8-21-22(12-16)35-14-34-21;;/h2-9,12-13,29H,10-11,14H2,1H3,(H,30,31);2*1H. The molecule has 0 unspecified atom stereocenters. The highest BCUT2D eigenvalue weighted by atomic mass is 32.2. The second-order valence-corrected chi connectivity index (χ2v) is 10.5. The van der Waals surface area contributed by atoms with Gasteiger partial charge >= 0.3 is 6.36 Å². The van der Waals surface area contributed by atoms with Crippen molar-refractivity contribution in [3.63, 3.8) is 0 Å². The third-order valence-corrected chi connectivity index (χ3v) is 7.75. The van der Waals surface area contributed by atoms with Crippen LogP contribution in [0.15, 0.2) is 65.6 Å². The van der Waals surface area contributed by atoms with Crippen LogP contribution in [0.2, 0.25) is 0 Å². The number of sulfonamides is 1. The monoisotopic (exact) mass is 538 g/mol. The minimum Gasteiger partial charge on any atom is -0.454 e. The summed E-state index contributed by atoms with van der Waals surface area (Å²) in [6.07, 6.45) is -3.75. The maximum atomic E-state index is 13.3. The van der Waals surface area contributed by atoms with Gasteiger partial charge in [-0.1, -0.05) is 18.2 Å². The van der Waals surface area contributed by atoms with Crippen LogP contribution < -0.4 is 24.2 Å². The summed E-state index contributed by atoms with van der Waals surface area (Å²) in [5.74, 6) is 0.346. The number of fused-ring (bicyclic) bond motifs is 1. The van der Waals surface area contributed by atoms with E-state index in [1.54, 1.807) is 18.2 Å². The van der Waals surface area contributed by atoms with E-state index in [2.05, 4.69) is 14.8 Å². The number of carbonyl (C=O) groups excluding carboxylic acids is 1. The number of alkyl halides is 3. The Morgan fingerprint density at radius 2 is 1.70 bits per heavy atom. The highest BCUT2D eigenvalue weighted by Gasteiger charge is 2.51. The summed E-state index contributed by atoms with van der Waals surface area (Å²) in [7, 11) is -2.48. The minimum absolute atomic E-state index is 0. The smallest absolute Gasteiger partial charge is 0.454 e. The summed E-state index contributed by atoms with van der Waals surface area (Å²) in [6.45, 7) is 0.106. The maximum Gasteiger partial charge on any atom is 0.573 e. The summed E-state index contributed by atoms with van der Waals surface area (Å²) < 4.78 is 80.3. The van der Waals surface area contributed by atoms with E-state index in [1.807, 2.05) is 0 Å². The van der Waals surface area contributed by atoms with Gasteiger partial charge in [-0.25, -0.2) is 13.1 Å². The fourth-order valence-corrected chi connectivity index (χ4v) is 4.93. The molecule has 2 aliphatic rings. The molecule has 5 rings (SSSR count). The molecule has 0 saturated heterocycles. The molecule has 8 nitrogen and oxygen atoms in total. The lowest BCUT2D eigenvalue weighted by Gasteiger charge is -2.18. The first-order valence-electron chi connectivity index (χ1n) is 11.2. The third-order valence-electron chi connectivity index (χ3n) is 6.32. The molecule has 0 aromatic heterocycles. The maximum absolute atomic E-state index is 13.3. The second kappa shape index (κ2) is 8.96. The van der Waals surface area contributed by atoms with Gasteiger partial charge < -0.3 is 19.5 Å². The van der Waals surface area contributed by atoms with E-state index in [0.717, 1.165) is 11.6 Å². The van der Waals surface area contributed by atoms with Gasteiger partial charge in [-0.05, 0) is 73.5 Å². The van der Waals surface area contributed by atoms with Gasteiger partial charge in [-0.3, -0.25) is 4.79 Å². The van der Waals surface area contributed by atoms with Crippen LogP contribution in [0, 0.1) is 0 Å². The summed E-state index contributed by atoms with van der Waals surface area (Å²) in [4.78, 5) is 13.2. The zero-order valence-corrected chi connectivity index (χ0v) is 20.2. The van der Waals surface area contributed by atoms with Crippen LogP contribution >= 0.6 is 0 Å². The van der Waals surface area contributed by atoms with Crippen molar-refractivity contribution in [2.75, 3.05) is 19.2 Å². The summed E-state index contributed by atoms with van der Waals surface area (Å²) in [6, 6.07) is 14.3. The van der Waals surface area contributed by atoms with Crippen LogP contribution in [0.25, 0.3) is 11.1 Å². The van der Waals surface area contributed by atoms with Crippen LogP contribution in [-0.4, -0.2) is 34.5 Å². The van der Waals surface area contributed by atoms with E-state index in [1.165, 1.54) is 43.4 Å². The van der Waals surface area contributed by atoms with Crippen LogP contribution in [0.5, 0.6) is 17.2 Å². The van der Waals surface area contributed by atoms with Gasteiger partial charge in [0.2, 0.25) is 22.7 Å². The predicted molar refractivity (Wildman–Crippen MR) is 131 cm³/mol.